The van der Waals surface area contributed by atoms with Crippen molar-refractivity contribution < 1.29 is 4.74 Å². The van der Waals surface area contributed by atoms with Gasteiger partial charge in [0.15, 0.2) is 0 Å². The van der Waals surface area contributed by atoms with Crippen LogP contribution in [-0.4, -0.2) is 16.1 Å². The highest BCUT2D eigenvalue weighted by atomic mass is 32.1. The first-order valence-corrected chi connectivity index (χ1v) is 6.87. The minimum absolute atomic E-state index is 0.135. The normalized spacial score (nSPS) is 10.7. The Balaban J connectivity index is 2.59. The molecular formula is C15H18N2OS. The first-order chi connectivity index (χ1) is 9.13. The summed E-state index contributed by atoms with van der Waals surface area (Å²) >= 11 is 5.30. The Morgan fingerprint density at radius 2 is 2.05 bits per heavy atom. The van der Waals surface area contributed by atoms with Crippen LogP contribution in [0.25, 0.3) is 11.3 Å². The zero-order valence-corrected chi connectivity index (χ0v) is 12.3. The molecule has 100 valence electrons. The molecule has 0 aliphatic carbocycles. The van der Waals surface area contributed by atoms with E-state index in [-0.39, 0.29) is 6.10 Å². The number of aromatic amines is 1. The lowest BCUT2D eigenvalue weighted by molar-refractivity contribution is 0.243. The molecule has 0 radical (unpaired) electrons. The van der Waals surface area contributed by atoms with Crippen molar-refractivity contribution in [1.82, 2.24) is 9.97 Å². The average molecular weight is 274 g/mol. The molecule has 1 N–H and O–H groups in total. The summed E-state index contributed by atoms with van der Waals surface area (Å²) in [6.07, 6.45) is 2.62. The molecule has 0 fully saturated rings. The third kappa shape index (κ3) is 3.01. The molecule has 4 heteroatoms. The van der Waals surface area contributed by atoms with Crippen LogP contribution >= 0.6 is 12.2 Å². The van der Waals surface area contributed by atoms with E-state index in [4.69, 9.17) is 17.0 Å². The maximum absolute atomic E-state index is 5.86. The van der Waals surface area contributed by atoms with Crippen molar-refractivity contribution in [3.63, 3.8) is 0 Å². The van der Waals surface area contributed by atoms with Gasteiger partial charge in [-0.15, -0.1) is 0 Å². The minimum atomic E-state index is 0.135. The van der Waals surface area contributed by atoms with Crippen molar-refractivity contribution >= 4 is 12.2 Å². The van der Waals surface area contributed by atoms with Crippen LogP contribution in [0, 0.1) is 4.64 Å². The number of aromatic nitrogens is 2. The molecule has 0 unspecified atom stereocenters. The molecule has 19 heavy (non-hydrogen) atoms. The van der Waals surface area contributed by atoms with Crippen LogP contribution in [0.2, 0.25) is 0 Å². The van der Waals surface area contributed by atoms with Gasteiger partial charge in [-0.3, -0.25) is 0 Å². The van der Waals surface area contributed by atoms with Crippen LogP contribution < -0.4 is 4.74 Å². The van der Waals surface area contributed by atoms with Crippen LogP contribution in [0.3, 0.4) is 0 Å². The van der Waals surface area contributed by atoms with Gasteiger partial charge in [0, 0.05) is 11.1 Å². The molecule has 1 heterocycles. The first-order valence-electron chi connectivity index (χ1n) is 6.46. The van der Waals surface area contributed by atoms with E-state index < -0.39 is 0 Å². The Morgan fingerprint density at radius 1 is 1.32 bits per heavy atom. The van der Waals surface area contributed by atoms with Crippen molar-refractivity contribution in [1.29, 1.82) is 0 Å². The Kier molecular flexibility index (Phi) is 4.32. The van der Waals surface area contributed by atoms with E-state index in [2.05, 4.69) is 16.9 Å². The maximum Gasteiger partial charge on any atom is 0.133 e. The van der Waals surface area contributed by atoms with Crippen LogP contribution in [0.5, 0.6) is 5.75 Å². The topological polar surface area (TPSA) is 37.9 Å². The summed E-state index contributed by atoms with van der Waals surface area (Å²) in [6, 6.07) is 7.99. The van der Waals surface area contributed by atoms with Crippen molar-refractivity contribution in [2.24, 2.45) is 0 Å². The van der Waals surface area contributed by atoms with Crippen molar-refractivity contribution in [3.05, 3.63) is 40.8 Å². The monoisotopic (exact) mass is 274 g/mol. The highest BCUT2D eigenvalue weighted by Gasteiger charge is 2.12. The number of benzene rings is 1. The van der Waals surface area contributed by atoms with E-state index in [0.29, 0.717) is 4.64 Å². The van der Waals surface area contributed by atoms with Gasteiger partial charge in [-0.2, -0.15) is 0 Å². The number of para-hydroxylation sites is 1. The van der Waals surface area contributed by atoms with Gasteiger partial charge in [-0.05, 0) is 32.4 Å². The molecule has 1 aromatic heterocycles. The van der Waals surface area contributed by atoms with Crippen LogP contribution in [-0.2, 0) is 6.42 Å². The second-order valence-corrected chi connectivity index (χ2v) is 4.96. The van der Waals surface area contributed by atoms with Gasteiger partial charge in [0.1, 0.15) is 10.4 Å². The molecular weight excluding hydrogens is 256 g/mol. The quantitative estimate of drug-likeness (QED) is 0.851. The Hall–Kier alpha value is -1.68. The smallest absolute Gasteiger partial charge is 0.133 e. The van der Waals surface area contributed by atoms with E-state index in [0.717, 1.165) is 29.0 Å². The Bertz CT molecular complexity index is 620. The van der Waals surface area contributed by atoms with Crippen LogP contribution in [0.15, 0.2) is 30.6 Å². The van der Waals surface area contributed by atoms with Gasteiger partial charge < -0.3 is 9.72 Å². The number of rotatable bonds is 4. The van der Waals surface area contributed by atoms with E-state index >= 15 is 0 Å². The second-order valence-electron chi connectivity index (χ2n) is 4.58. The third-order valence-electron chi connectivity index (χ3n) is 2.82. The standard InChI is InChI=1S/C15H18N2OS/c1-4-11-14(16-9-17-15(11)19)12-7-5-6-8-13(12)18-10(2)3/h5-10H,4H2,1-3H3,(H,16,17,19). The fraction of sp³-hybridized carbons (Fsp3) is 0.333. The summed E-state index contributed by atoms with van der Waals surface area (Å²) < 4.78 is 6.51. The first kappa shape index (κ1) is 13.7. The summed E-state index contributed by atoms with van der Waals surface area (Å²) in [7, 11) is 0. The predicted molar refractivity (Wildman–Crippen MR) is 80.0 cm³/mol. The second kappa shape index (κ2) is 5.97. The molecule has 0 bridgehead atoms. The van der Waals surface area contributed by atoms with Gasteiger partial charge in [-0.25, -0.2) is 4.98 Å². The van der Waals surface area contributed by atoms with Gasteiger partial charge in [0.25, 0.3) is 0 Å². The van der Waals surface area contributed by atoms with Gasteiger partial charge >= 0.3 is 0 Å². The van der Waals surface area contributed by atoms with Crippen molar-refractivity contribution in [3.8, 4) is 17.0 Å². The zero-order chi connectivity index (χ0) is 13.8. The SMILES string of the molecule is CCc1c(-c2ccccc2OC(C)C)[nH]cnc1=S. The molecule has 0 spiro atoms. The molecule has 0 aliphatic heterocycles. The molecule has 0 saturated heterocycles. The Morgan fingerprint density at radius 3 is 2.74 bits per heavy atom. The van der Waals surface area contributed by atoms with Crippen LogP contribution in [0.4, 0.5) is 0 Å². The van der Waals surface area contributed by atoms with Gasteiger partial charge in [0.05, 0.1) is 18.1 Å². The summed E-state index contributed by atoms with van der Waals surface area (Å²) in [5.74, 6) is 0.865. The number of nitrogens with one attached hydrogen (secondary N) is 1. The lowest BCUT2D eigenvalue weighted by Crippen LogP contribution is -2.07. The van der Waals surface area contributed by atoms with Crippen LogP contribution in [0.1, 0.15) is 26.3 Å². The summed E-state index contributed by atoms with van der Waals surface area (Å²) in [4.78, 5) is 7.35. The summed E-state index contributed by atoms with van der Waals surface area (Å²) in [6.45, 7) is 6.12. The molecule has 0 atom stereocenters. The largest absolute Gasteiger partial charge is 0.490 e. The van der Waals surface area contributed by atoms with Gasteiger partial charge in [-0.1, -0.05) is 31.3 Å². The highest BCUT2D eigenvalue weighted by Crippen LogP contribution is 2.31. The molecule has 0 amide bonds. The predicted octanol–water partition coefficient (Wildman–Crippen LogP) is 4.16. The van der Waals surface area contributed by atoms with Crippen molar-refractivity contribution in [2.45, 2.75) is 33.3 Å². The molecule has 1 aromatic carbocycles. The number of hydrogen-bond donors (Lipinski definition) is 1. The molecule has 3 nitrogen and oxygen atoms in total. The van der Waals surface area contributed by atoms with Crippen molar-refractivity contribution in [2.75, 3.05) is 0 Å². The lowest BCUT2D eigenvalue weighted by Gasteiger charge is -2.15. The molecule has 2 rings (SSSR count). The number of nitrogens with zero attached hydrogens (tertiary/aromatic N) is 1. The molecule has 0 saturated carbocycles. The third-order valence-corrected chi connectivity index (χ3v) is 3.18. The van der Waals surface area contributed by atoms with E-state index in [1.54, 1.807) is 6.33 Å². The van der Waals surface area contributed by atoms with E-state index in [1.807, 2.05) is 38.1 Å². The fourth-order valence-corrected chi connectivity index (χ4v) is 2.32. The van der Waals surface area contributed by atoms with Gasteiger partial charge in [0.2, 0.25) is 0 Å². The summed E-state index contributed by atoms with van der Waals surface area (Å²) in [5.41, 5.74) is 3.08. The minimum Gasteiger partial charge on any atom is -0.490 e. The lowest BCUT2D eigenvalue weighted by atomic mass is 10.0. The molecule has 2 aromatic rings. The maximum atomic E-state index is 5.86. The Labute approximate surface area is 118 Å². The van der Waals surface area contributed by atoms with E-state index in [9.17, 15) is 0 Å². The van der Waals surface area contributed by atoms with E-state index in [1.165, 1.54) is 0 Å². The summed E-state index contributed by atoms with van der Waals surface area (Å²) in [5, 5.41) is 0. The fourth-order valence-electron chi connectivity index (χ4n) is 2.03. The number of ether oxygens (including phenoxy) is 1. The average Bonchev–Trinajstić information content (AvgIpc) is 2.38. The highest BCUT2D eigenvalue weighted by molar-refractivity contribution is 7.71. The number of hydrogen-bond acceptors (Lipinski definition) is 3. The zero-order valence-electron chi connectivity index (χ0n) is 11.4. The molecule has 0 aliphatic rings. The number of H-pyrrole nitrogens is 1.